The van der Waals surface area contributed by atoms with E-state index < -0.39 is 0 Å². The minimum absolute atomic E-state index is 0.131. The fourth-order valence-electron chi connectivity index (χ4n) is 3.65. The third-order valence-electron chi connectivity index (χ3n) is 5.01. The van der Waals surface area contributed by atoms with Crippen molar-refractivity contribution in [1.29, 1.82) is 0 Å². The molecule has 20 heavy (non-hydrogen) atoms. The van der Waals surface area contributed by atoms with Gasteiger partial charge in [0.1, 0.15) is 5.75 Å². The van der Waals surface area contributed by atoms with Crippen molar-refractivity contribution in [1.82, 2.24) is 0 Å². The summed E-state index contributed by atoms with van der Waals surface area (Å²) in [7, 11) is 1.78. The summed E-state index contributed by atoms with van der Waals surface area (Å²) < 4.78 is 5.62. The Hall–Kier alpha value is -0.500. The van der Waals surface area contributed by atoms with E-state index in [1.54, 1.807) is 7.11 Å². The van der Waals surface area contributed by atoms with Crippen LogP contribution in [-0.4, -0.2) is 11.9 Å². The summed E-state index contributed by atoms with van der Waals surface area (Å²) in [5, 5.41) is 0. The predicted molar refractivity (Wildman–Crippen MR) is 90.0 cm³/mol. The second-order valence-corrected chi connectivity index (χ2v) is 8.14. The summed E-state index contributed by atoms with van der Waals surface area (Å²) in [5.74, 6) is 2.53. The van der Waals surface area contributed by atoms with E-state index in [0.29, 0.717) is 10.7 Å². The molecule has 1 aromatic rings. The number of methoxy groups -OCH3 is 1. The molecule has 0 saturated heterocycles. The zero-order chi connectivity index (χ0) is 14.9. The van der Waals surface area contributed by atoms with Crippen LogP contribution in [0.1, 0.15) is 51.2 Å². The lowest BCUT2D eigenvalue weighted by atomic mass is 9.65. The number of ether oxygens (including phenoxy) is 1. The largest absolute Gasteiger partial charge is 0.496 e. The highest BCUT2D eigenvalue weighted by Gasteiger charge is 2.40. The molecule has 0 radical (unpaired) electrons. The number of halogens is 1. The summed E-state index contributed by atoms with van der Waals surface area (Å²) >= 11 is 3.95. The van der Waals surface area contributed by atoms with Gasteiger partial charge in [0, 0.05) is 10.4 Å². The molecule has 0 bridgehead atoms. The Bertz CT molecular complexity index is 466. The standard InChI is InChI=1S/C18H27BrO/c1-12-7-9-17(20-5)15(10-12)18(3,4)14-8-6-13(2)11-16(14)19/h7,9-10,13-14,16H,6,8,11H2,1-5H3. The van der Waals surface area contributed by atoms with E-state index in [-0.39, 0.29) is 5.41 Å². The number of hydrogen-bond donors (Lipinski definition) is 0. The molecule has 0 amide bonds. The van der Waals surface area contributed by atoms with Gasteiger partial charge in [-0.2, -0.15) is 0 Å². The molecular formula is C18H27BrO. The number of aryl methyl sites for hydroxylation is 1. The van der Waals surface area contributed by atoms with Crippen molar-refractivity contribution in [2.45, 2.75) is 57.2 Å². The molecule has 1 fully saturated rings. The van der Waals surface area contributed by atoms with Gasteiger partial charge < -0.3 is 4.74 Å². The van der Waals surface area contributed by atoms with Gasteiger partial charge in [0.15, 0.2) is 0 Å². The van der Waals surface area contributed by atoms with E-state index in [4.69, 9.17) is 4.74 Å². The van der Waals surface area contributed by atoms with Gasteiger partial charge >= 0.3 is 0 Å². The molecule has 0 aliphatic heterocycles. The molecule has 1 aliphatic rings. The first-order valence-electron chi connectivity index (χ1n) is 7.65. The van der Waals surface area contributed by atoms with Gasteiger partial charge in [0.25, 0.3) is 0 Å². The van der Waals surface area contributed by atoms with Crippen molar-refractivity contribution in [3.05, 3.63) is 29.3 Å². The lowest BCUT2D eigenvalue weighted by Crippen LogP contribution is -2.38. The molecule has 1 saturated carbocycles. The maximum absolute atomic E-state index is 5.62. The molecule has 3 atom stereocenters. The minimum Gasteiger partial charge on any atom is -0.496 e. The van der Waals surface area contributed by atoms with Crippen molar-refractivity contribution in [2.75, 3.05) is 7.11 Å². The maximum atomic E-state index is 5.62. The second kappa shape index (κ2) is 6.09. The van der Waals surface area contributed by atoms with Crippen LogP contribution < -0.4 is 4.74 Å². The molecule has 0 aromatic heterocycles. The van der Waals surface area contributed by atoms with Crippen LogP contribution in [0.25, 0.3) is 0 Å². The third kappa shape index (κ3) is 3.05. The molecule has 112 valence electrons. The highest BCUT2D eigenvalue weighted by atomic mass is 79.9. The van der Waals surface area contributed by atoms with Gasteiger partial charge in [-0.15, -0.1) is 0 Å². The molecule has 1 aromatic carbocycles. The average molecular weight is 339 g/mol. The average Bonchev–Trinajstić information content (AvgIpc) is 2.38. The Morgan fingerprint density at radius 1 is 1.25 bits per heavy atom. The lowest BCUT2D eigenvalue weighted by Gasteiger charge is -2.43. The number of alkyl halides is 1. The molecule has 0 spiro atoms. The number of rotatable bonds is 3. The fourth-order valence-corrected chi connectivity index (χ4v) is 5.21. The molecule has 0 N–H and O–H groups in total. The Labute approximate surface area is 132 Å². The summed E-state index contributed by atoms with van der Waals surface area (Å²) in [5.41, 5.74) is 2.79. The van der Waals surface area contributed by atoms with Crippen LogP contribution in [0.4, 0.5) is 0 Å². The topological polar surface area (TPSA) is 9.23 Å². The first-order valence-corrected chi connectivity index (χ1v) is 8.57. The predicted octanol–water partition coefficient (Wildman–Crippen LogP) is 5.48. The molecule has 2 heteroatoms. The van der Waals surface area contributed by atoms with Crippen LogP contribution >= 0.6 is 15.9 Å². The summed E-state index contributed by atoms with van der Waals surface area (Å²) in [6, 6.07) is 6.55. The smallest absolute Gasteiger partial charge is 0.122 e. The Kier molecular flexibility index (Phi) is 4.84. The van der Waals surface area contributed by atoms with E-state index in [1.807, 2.05) is 0 Å². The number of benzene rings is 1. The van der Waals surface area contributed by atoms with Crippen molar-refractivity contribution in [3.8, 4) is 5.75 Å². The number of hydrogen-bond acceptors (Lipinski definition) is 1. The highest BCUT2D eigenvalue weighted by Crippen LogP contribution is 2.47. The third-order valence-corrected chi connectivity index (χ3v) is 6.02. The van der Waals surface area contributed by atoms with E-state index in [0.717, 1.165) is 11.7 Å². The van der Waals surface area contributed by atoms with E-state index in [1.165, 1.54) is 30.4 Å². The van der Waals surface area contributed by atoms with Gasteiger partial charge in [0.05, 0.1) is 7.11 Å². The Morgan fingerprint density at radius 2 is 1.95 bits per heavy atom. The Balaban J connectivity index is 2.36. The van der Waals surface area contributed by atoms with Gasteiger partial charge in [-0.1, -0.05) is 60.8 Å². The molecule has 3 unspecified atom stereocenters. The molecular weight excluding hydrogens is 312 g/mol. The van der Waals surface area contributed by atoms with E-state index in [9.17, 15) is 0 Å². The highest BCUT2D eigenvalue weighted by molar-refractivity contribution is 9.09. The van der Waals surface area contributed by atoms with Crippen LogP contribution in [0.15, 0.2) is 18.2 Å². The van der Waals surface area contributed by atoms with Crippen LogP contribution in [0.2, 0.25) is 0 Å². The van der Waals surface area contributed by atoms with Crippen LogP contribution in [0.5, 0.6) is 5.75 Å². The quantitative estimate of drug-likeness (QED) is 0.663. The summed E-state index contributed by atoms with van der Waals surface area (Å²) in [6.07, 6.45) is 3.91. The zero-order valence-corrected chi connectivity index (χ0v) is 15.0. The minimum atomic E-state index is 0.131. The fraction of sp³-hybridized carbons (Fsp3) is 0.667. The molecule has 2 rings (SSSR count). The van der Waals surface area contributed by atoms with Gasteiger partial charge in [-0.25, -0.2) is 0 Å². The maximum Gasteiger partial charge on any atom is 0.122 e. The van der Waals surface area contributed by atoms with Crippen molar-refractivity contribution < 1.29 is 4.74 Å². The lowest BCUT2D eigenvalue weighted by molar-refractivity contribution is 0.210. The van der Waals surface area contributed by atoms with Gasteiger partial charge in [-0.3, -0.25) is 0 Å². The van der Waals surface area contributed by atoms with Crippen LogP contribution in [0, 0.1) is 18.8 Å². The van der Waals surface area contributed by atoms with Gasteiger partial charge in [0.2, 0.25) is 0 Å². The molecule has 1 aliphatic carbocycles. The summed E-state index contributed by atoms with van der Waals surface area (Å²) in [6.45, 7) is 9.27. The summed E-state index contributed by atoms with van der Waals surface area (Å²) in [4.78, 5) is 0.603. The zero-order valence-electron chi connectivity index (χ0n) is 13.4. The van der Waals surface area contributed by atoms with Crippen molar-refractivity contribution in [2.24, 2.45) is 11.8 Å². The SMILES string of the molecule is COc1ccc(C)cc1C(C)(C)C1CCC(C)CC1Br. The van der Waals surface area contributed by atoms with Crippen LogP contribution in [0.3, 0.4) is 0 Å². The molecule has 1 nitrogen and oxygen atoms in total. The second-order valence-electron chi connectivity index (χ2n) is 6.97. The first kappa shape index (κ1) is 15.9. The van der Waals surface area contributed by atoms with Crippen LogP contribution in [-0.2, 0) is 5.41 Å². The normalized spacial score (nSPS) is 27.4. The monoisotopic (exact) mass is 338 g/mol. The van der Waals surface area contributed by atoms with E-state index in [2.05, 4.69) is 61.8 Å². The Morgan fingerprint density at radius 3 is 2.55 bits per heavy atom. The van der Waals surface area contributed by atoms with Crippen molar-refractivity contribution >= 4 is 15.9 Å². The van der Waals surface area contributed by atoms with Gasteiger partial charge in [-0.05, 0) is 43.1 Å². The van der Waals surface area contributed by atoms with E-state index >= 15 is 0 Å². The first-order chi connectivity index (χ1) is 9.36. The molecule has 0 heterocycles. The van der Waals surface area contributed by atoms with Crippen molar-refractivity contribution in [3.63, 3.8) is 0 Å².